The van der Waals surface area contributed by atoms with Crippen molar-refractivity contribution in [2.45, 2.75) is 6.42 Å². The zero-order valence-electron chi connectivity index (χ0n) is 9.15. The van der Waals surface area contributed by atoms with Crippen LogP contribution in [-0.2, 0) is 9.59 Å². The van der Waals surface area contributed by atoms with Crippen LogP contribution in [0.4, 0.5) is 0 Å². The fraction of sp³-hybridized carbons (Fsp3) is 0.778. The number of amides is 1. The molecule has 0 unspecified atom stereocenters. The summed E-state index contributed by atoms with van der Waals surface area (Å²) >= 11 is 1.13. The fourth-order valence-corrected chi connectivity index (χ4v) is 1.63. The average Bonchev–Trinajstić information content (AvgIpc) is 2.17. The van der Waals surface area contributed by atoms with Crippen LogP contribution in [0.25, 0.3) is 0 Å². The lowest BCUT2D eigenvalue weighted by atomic mass is 10.4. The van der Waals surface area contributed by atoms with Crippen LogP contribution in [-0.4, -0.2) is 60.6 Å². The summed E-state index contributed by atoms with van der Waals surface area (Å²) in [5.74, 6) is -0.679. The number of carbonyl (C=O) groups is 2. The van der Waals surface area contributed by atoms with Gasteiger partial charge in [0.15, 0.2) is 0 Å². The molecule has 0 saturated heterocycles. The summed E-state index contributed by atoms with van der Waals surface area (Å²) in [6, 6.07) is 0. The molecule has 5 nitrogen and oxygen atoms in total. The van der Waals surface area contributed by atoms with E-state index < -0.39 is 5.97 Å². The number of nitrogens with zero attached hydrogens (tertiary/aromatic N) is 1. The van der Waals surface area contributed by atoms with Gasteiger partial charge in [0.05, 0.1) is 11.5 Å². The first kappa shape index (κ1) is 14.2. The van der Waals surface area contributed by atoms with Gasteiger partial charge in [-0.25, -0.2) is 0 Å². The van der Waals surface area contributed by atoms with Gasteiger partial charge in [0.25, 0.3) is 0 Å². The van der Waals surface area contributed by atoms with E-state index >= 15 is 0 Å². The van der Waals surface area contributed by atoms with Gasteiger partial charge >= 0.3 is 5.97 Å². The maximum Gasteiger partial charge on any atom is 0.313 e. The van der Waals surface area contributed by atoms with E-state index in [0.29, 0.717) is 6.54 Å². The average molecular weight is 234 g/mol. The molecule has 0 spiro atoms. The number of carbonyl (C=O) groups excluding carboxylic acids is 1. The number of hydrogen-bond donors (Lipinski definition) is 2. The highest BCUT2D eigenvalue weighted by molar-refractivity contribution is 8.00. The molecule has 0 aliphatic heterocycles. The van der Waals surface area contributed by atoms with Gasteiger partial charge in [0.1, 0.15) is 0 Å². The smallest absolute Gasteiger partial charge is 0.313 e. The van der Waals surface area contributed by atoms with Crippen molar-refractivity contribution in [1.82, 2.24) is 10.2 Å². The molecule has 0 atom stereocenters. The molecule has 0 aliphatic rings. The zero-order chi connectivity index (χ0) is 11.7. The standard InChI is InChI=1S/C9H18N2O3S/c1-10-4-3-5-11(2)8(12)6-15-7-9(13)14/h10H,3-7H2,1-2H3,(H,13,14). The Kier molecular flexibility index (Phi) is 8.12. The van der Waals surface area contributed by atoms with Gasteiger partial charge in [-0.1, -0.05) is 0 Å². The third-order valence-corrected chi connectivity index (χ3v) is 2.70. The van der Waals surface area contributed by atoms with E-state index in [0.717, 1.165) is 24.7 Å². The predicted molar refractivity (Wildman–Crippen MR) is 61.1 cm³/mol. The fourth-order valence-electron chi connectivity index (χ4n) is 0.954. The number of nitrogens with one attached hydrogen (secondary N) is 1. The van der Waals surface area contributed by atoms with Crippen molar-refractivity contribution in [3.05, 3.63) is 0 Å². The number of hydrogen-bond acceptors (Lipinski definition) is 4. The molecule has 0 aliphatic carbocycles. The number of aliphatic carboxylic acids is 1. The molecular weight excluding hydrogens is 216 g/mol. The second-order valence-corrected chi connectivity index (χ2v) is 4.14. The van der Waals surface area contributed by atoms with Gasteiger partial charge in [0.2, 0.25) is 5.91 Å². The van der Waals surface area contributed by atoms with E-state index in [1.165, 1.54) is 0 Å². The molecule has 0 radical (unpaired) electrons. The van der Waals surface area contributed by atoms with Crippen LogP contribution >= 0.6 is 11.8 Å². The summed E-state index contributed by atoms with van der Waals surface area (Å²) in [5.41, 5.74) is 0. The summed E-state index contributed by atoms with van der Waals surface area (Å²) < 4.78 is 0. The van der Waals surface area contributed by atoms with E-state index in [1.807, 2.05) is 7.05 Å². The Morgan fingerprint density at radius 1 is 1.40 bits per heavy atom. The van der Waals surface area contributed by atoms with Gasteiger partial charge in [-0.2, -0.15) is 0 Å². The highest BCUT2D eigenvalue weighted by Crippen LogP contribution is 2.01. The van der Waals surface area contributed by atoms with Crippen LogP contribution in [0.1, 0.15) is 6.42 Å². The predicted octanol–water partition coefficient (Wildman–Crippen LogP) is -0.128. The van der Waals surface area contributed by atoms with Crippen molar-refractivity contribution in [2.75, 3.05) is 38.7 Å². The summed E-state index contributed by atoms with van der Waals surface area (Å²) in [6.45, 7) is 1.58. The third-order valence-electron chi connectivity index (χ3n) is 1.80. The second kappa shape index (κ2) is 8.55. The Hall–Kier alpha value is -0.750. The summed E-state index contributed by atoms with van der Waals surface area (Å²) in [7, 11) is 3.60. The molecule has 0 rings (SSSR count). The quantitative estimate of drug-likeness (QED) is 0.573. The number of carboxylic acid groups (broad SMARTS) is 1. The van der Waals surface area contributed by atoms with Crippen molar-refractivity contribution < 1.29 is 14.7 Å². The molecule has 1 amide bonds. The van der Waals surface area contributed by atoms with E-state index in [1.54, 1.807) is 11.9 Å². The molecule has 2 N–H and O–H groups in total. The molecule has 0 saturated carbocycles. The summed E-state index contributed by atoms with van der Waals surface area (Å²) in [5, 5.41) is 11.4. The Morgan fingerprint density at radius 3 is 2.60 bits per heavy atom. The van der Waals surface area contributed by atoms with Crippen LogP contribution < -0.4 is 5.32 Å². The number of rotatable bonds is 8. The maximum atomic E-state index is 11.4. The van der Waals surface area contributed by atoms with Crippen molar-refractivity contribution in [1.29, 1.82) is 0 Å². The molecular formula is C9H18N2O3S. The van der Waals surface area contributed by atoms with Gasteiger partial charge in [-0.05, 0) is 20.0 Å². The molecule has 0 aromatic heterocycles. The Balaban J connectivity index is 3.55. The van der Waals surface area contributed by atoms with Gasteiger partial charge < -0.3 is 15.3 Å². The topological polar surface area (TPSA) is 69.6 Å². The highest BCUT2D eigenvalue weighted by atomic mass is 32.2. The highest BCUT2D eigenvalue weighted by Gasteiger charge is 2.08. The van der Waals surface area contributed by atoms with Crippen molar-refractivity contribution in [3.63, 3.8) is 0 Å². The minimum absolute atomic E-state index is 0.0163. The molecule has 15 heavy (non-hydrogen) atoms. The second-order valence-electron chi connectivity index (χ2n) is 3.16. The van der Waals surface area contributed by atoms with Crippen LogP contribution in [0.15, 0.2) is 0 Å². The van der Waals surface area contributed by atoms with Crippen LogP contribution in [0.3, 0.4) is 0 Å². The number of thioether (sulfide) groups is 1. The Labute approximate surface area is 94.2 Å². The van der Waals surface area contributed by atoms with Gasteiger partial charge in [0, 0.05) is 13.6 Å². The van der Waals surface area contributed by atoms with E-state index in [-0.39, 0.29) is 17.4 Å². The molecule has 0 fully saturated rings. The zero-order valence-corrected chi connectivity index (χ0v) is 9.97. The van der Waals surface area contributed by atoms with Crippen LogP contribution in [0.5, 0.6) is 0 Å². The van der Waals surface area contributed by atoms with Gasteiger partial charge in [-0.3, -0.25) is 9.59 Å². The largest absolute Gasteiger partial charge is 0.481 e. The molecule has 6 heteroatoms. The monoisotopic (exact) mass is 234 g/mol. The molecule has 0 bridgehead atoms. The third kappa shape index (κ3) is 8.26. The van der Waals surface area contributed by atoms with E-state index in [4.69, 9.17) is 5.11 Å². The van der Waals surface area contributed by atoms with E-state index in [2.05, 4.69) is 5.32 Å². The SMILES string of the molecule is CNCCCN(C)C(=O)CSCC(=O)O. The summed E-state index contributed by atoms with van der Waals surface area (Å²) in [6.07, 6.45) is 0.905. The lowest BCUT2D eigenvalue weighted by molar-refractivity contribution is -0.133. The molecule has 0 aromatic rings. The molecule has 0 aromatic carbocycles. The summed E-state index contributed by atoms with van der Waals surface area (Å²) in [4.78, 5) is 23.2. The maximum absolute atomic E-state index is 11.4. The Bertz CT molecular complexity index is 212. The Morgan fingerprint density at radius 2 is 2.07 bits per heavy atom. The molecule has 88 valence electrons. The molecule has 0 heterocycles. The lowest BCUT2D eigenvalue weighted by Gasteiger charge is -2.16. The van der Waals surface area contributed by atoms with Crippen molar-refractivity contribution >= 4 is 23.6 Å². The van der Waals surface area contributed by atoms with Gasteiger partial charge in [-0.15, -0.1) is 11.8 Å². The van der Waals surface area contributed by atoms with E-state index in [9.17, 15) is 9.59 Å². The minimum Gasteiger partial charge on any atom is -0.481 e. The minimum atomic E-state index is -0.884. The first-order valence-corrected chi connectivity index (χ1v) is 5.91. The normalized spacial score (nSPS) is 10.0. The van der Waals surface area contributed by atoms with Crippen LogP contribution in [0, 0.1) is 0 Å². The number of carboxylic acids is 1. The first-order chi connectivity index (χ1) is 7.07. The van der Waals surface area contributed by atoms with Crippen molar-refractivity contribution in [3.8, 4) is 0 Å². The first-order valence-electron chi connectivity index (χ1n) is 4.76. The van der Waals surface area contributed by atoms with Crippen LogP contribution in [0.2, 0.25) is 0 Å². The van der Waals surface area contributed by atoms with Crippen molar-refractivity contribution in [2.24, 2.45) is 0 Å². The lowest BCUT2D eigenvalue weighted by Crippen LogP contribution is -2.31.